The van der Waals surface area contributed by atoms with E-state index in [0.29, 0.717) is 0 Å². The van der Waals surface area contributed by atoms with Crippen molar-refractivity contribution in [3.63, 3.8) is 0 Å². The molecule has 0 aromatic carbocycles. The number of alkyl halides is 1. The molecule has 0 saturated carbocycles. The summed E-state index contributed by atoms with van der Waals surface area (Å²) in [5.41, 5.74) is 0. The normalized spacial score (nSPS) is 13.4. The molecular weight excluding hydrogens is 158 g/mol. The summed E-state index contributed by atoms with van der Waals surface area (Å²) in [7, 11) is 0. The number of hydrogen-bond acceptors (Lipinski definition) is 1. The van der Waals surface area contributed by atoms with Crippen LogP contribution in [-0.4, -0.2) is 19.0 Å². The van der Waals surface area contributed by atoms with Crippen molar-refractivity contribution in [3.05, 3.63) is 0 Å². The summed E-state index contributed by atoms with van der Waals surface area (Å²) in [6, 6.07) is 0. The zero-order valence-corrected chi connectivity index (χ0v) is 8.45. The molecule has 0 aromatic rings. The van der Waals surface area contributed by atoms with Crippen LogP contribution >= 0.6 is 11.6 Å². The molecule has 0 fully saturated rings. The van der Waals surface area contributed by atoms with Crippen LogP contribution in [0.5, 0.6) is 0 Å². The molecule has 1 nitrogen and oxygen atoms in total. The molecule has 68 valence electrons. The molecule has 1 atom stereocenters. The van der Waals surface area contributed by atoms with Crippen LogP contribution in [0.1, 0.15) is 33.1 Å². The zero-order chi connectivity index (χ0) is 8.53. The lowest BCUT2D eigenvalue weighted by atomic mass is 10.1. The minimum absolute atomic E-state index is 0.773. The largest absolute Gasteiger partial charge is 0.316 e. The molecule has 0 heterocycles. The van der Waals surface area contributed by atoms with Crippen molar-refractivity contribution in [2.75, 3.05) is 19.0 Å². The van der Waals surface area contributed by atoms with E-state index in [-0.39, 0.29) is 0 Å². The lowest BCUT2D eigenvalue weighted by molar-refractivity contribution is 0.476. The SMILES string of the molecule is CCCC(C)CNCCCCl. The van der Waals surface area contributed by atoms with Crippen molar-refractivity contribution in [2.45, 2.75) is 33.1 Å². The van der Waals surface area contributed by atoms with Gasteiger partial charge in [-0.15, -0.1) is 11.6 Å². The topological polar surface area (TPSA) is 12.0 Å². The van der Waals surface area contributed by atoms with E-state index in [9.17, 15) is 0 Å². The Balaban J connectivity index is 2.97. The second-order valence-corrected chi connectivity index (χ2v) is 3.52. The highest BCUT2D eigenvalue weighted by atomic mass is 35.5. The predicted molar refractivity (Wildman–Crippen MR) is 52.3 cm³/mol. The molecule has 11 heavy (non-hydrogen) atoms. The van der Waals surface area contributed by atoms with E-state index < -0.39 is 0 Å². The van der Waals surface area contributed by atoms with Crippen molar-refractivity contribution in [3.8, 4) is 0 Å². The van der Waals surface area contributed by atoms with Crippen LogP contribution in [0.15, 0.2) is 0 Å². The molecule has 0 amide bonds. The van der Waals surface area contributed by atoms with Gasteiger partial charge in [0.1, 0.15) is 0 Å². The van der Waals surface area contributed by atoms with E-state index >= 15 is 0 Å². The highest BCUT2D eigenvalue weighted by Crippen LogP contribution is 2.02. The summed E-state index contributed by atoms with van der Waals surface area (Å²) in [5, 5.41) is 3.39. The molecule has 1 unspecified atom stereocenters. The van der Waals surface area contributed by atoms with Gasteiger partial charge in [0, 0.05) is 5.88 Å². The Labute approximate surface area is 75.5 Å². The highest BCUT2D eigenvalue weighted by Gasteiger charge is 1.97. The zero-order valence-electron chi connectivity index (χ0n) is 7.70. The van der Waals surface area contributed by atoms with Gasteiger partial charge < -0.3 is 5.32 Å². The fourth-order valence-corrected chi connectivity index (χ4v) is 1.27. The fourth-order valence-electron chi connectivity index (χ4n) is 1.14. The maximum Gasteiger partial charge on any atom is 0.0235 e. The van der Waals surface area contributed by atoms with Crippen molar-refractivity contribution in [1.82, 2.24) is 5.32 Å². The van der Waals surface area contributed by atoms with E-state index in [0.717, 1.165) is 31.3 Å². The maximum absolute atomic E-state index is 5.54. The Morgan fingerprint density at radius 3 is 2.73 bits per heavy atom. The number of halogens is 1. The van der Waals surface area contributed by atoms with Crippen LogP contribution in [-0.2, 0) is 0 Å². The molecular formula is C9H20ClN. The Morgan fingerprint density at radius 1 is 1.45 bits per heavy atom. The molecule has 0 aromatic heterocycles. The summed E-state index contributed by atoms with van der Waals surface area (Å²) in [6.07, 6.45) is 3.70. The van der Waals surface area contributed by atoms with Crippen LogP contribution < -0.4 is 5.32 Å². The third-order valence-corrected chi connectivity index (χ3v) is 2.03. The molecule has 2 heteroatoms. The van der Waals surface area contributed by atoms with Gasteiger partial charge in [0.15, 0.2) is 0 Å². The van der Waals surface area contributed by atoms with Crippen molar-refractivity contribution >= 4 is 11.6 Å². The second kappa shape index (κ2) is 8.35. The van der Waals surface area contributed by atoms with Crippen LogP contribution in [0, 0.1) is 5.92 Å². The number of hydrogen-bond donors (Lipinski definition) is 1. The third-order valence-electron chi connectivity index (χ3n) is 1.76. The van der Waals surface area contributed by atoms with Crippen LogP contribution in [0.3, 0.4) is 0 Å². The van der Waals surface area contributed by atoms with Gasteiger partial charge in [0.2, 0.25) is 0 Å². The van der Waals surface area contributed by atoms with Gasteiger partial charge in [-0.1, -0.05) is 20.3 Å². The quantitative estimate of drug-likeness (QED) is 0.466. The Hall–Kier alpha value is 0.250. The first-order valence-corrected chi connectivity index (χ1v) is 5.11. The molecule has 0 saturated heterocycles. The van der Waals surface area contributed by atoms with Gasteiger partial charge >= 0.3 is 0 Å². The van der Waals surface area contributed by atoms with E-state index in [1.165, 1.54) is 12.8 Å². The van der Waals surface area contributed by atoms with Crippen LogP contribution in [0.4, 0.5) is 0 Å². The lowest BCUT2D eigenvalue weighted by Crippen LogP contribution is -2.22. The van der Waals surface area contributed by atoms with E-state index in [1.807, 2.05) is 0 Å². The smallest absolute Gasteiger partial charge is 0.0235 e. The lowest BCUT2D eigenvalue weighted by Gasteiger charge is -2.10. The second-order valence-electron chi connectivity index (χ2n) is 3.14. The minimum atomic E-state index is 0.773. The highest BCUT2D eigenvalue weighted by molar-refractivity contribution is 6.17. The van der Waals surface area contributed by atoms with Crippen LogP contribution in [0.2, 0.25) is 0 Å². The molecule has 0 aliphatic heterocycles. The third kappa shape index (κ3) is 8.15. The Kier molecular flexibility index (Phi) is 8.54. The molecule has 0 bridgehead atoms. The molecule has 0 aliphatic carbocycles. The Bertz CT molecular complexity index is 76.0. The first-order valence-electron chi connectivity index (χ1n) is 4.58. The number of nitrogens with one attached hydrogen (secondary N) is 1. The van der Waals surface area contributed by atoms with Gasteiger partial charge in [-0.05, 0) is 31.8 Å². The molecule has 0 radical (unpaired) electrons. The number of rotatable bonds is 7. The summed E-state index contributed by atoms with van der Waals surface area (Å²) in [5.74, 6) is 1.59. The van der Waals surface area contributed by atoms with E-state index in [1.54, 1.807) is 0 Å². The average Bonchev–Trinajstić information content (AvgIpc) is 1.99. The van der Waals surface area contributed by atoms with Crippen molar-refractivity contribution < 1.29 is 0 Å². The molecule has 0 aliphatic rings. The maximum atomic E-state index is 5.54. The summed E-state index contributed by atoms with van der Waals surface area (Å²) in [6.45, 7) is 6.73. The van der Waals surface area contributed by atoms with Gasteiger partial charge in [-0.25, -0.2) is 0 Å². The van der Waals surface area contributed by atoms with E-state index in [2.05, 4.69) is 19.2 Å². The first kappa shape index (κ1) is 11.2. The van der Waals surface area contributed by atoms with E-state index in [4.69, 9.17) is 11.6 Å². The van der Waals surface area contributed by atoms with Crippen LogP contribution in [0.25, 0.3) is 0 Å². The van der Waals surface area contributed by atoms with Gasteiger partial charge in [0.25, 0.3) is 0 Å². The van der Waals surface area contributed by atoms with Gasteiger partial charge in [-0.3, -0.25) is 0 Å². The molecule has 0 rings (SSSR count). The minimum Gasteiger partial charge on any atom is -0.316 e. The first-order chi connectivity index (χ1) is 5.31. The predicted octanol–water partition coefficient (Wildman–Crippen LogP) is 2.64. The average molecular weight is 178 g/mol. The molecule has 0 spiro atoms. The standard InChI is InChI=1S/C9H20ClN/c1-3-5-9(2)8-11-7-4-6-10/h9,11H,3-8H2,1-2H3. The van der Waals surface area contributed by atoms with Crippen molar-refractivity contribution in [1.29, 1.82) is 0 Å². The van der Waals surface area contributed by atoms with Gasteiger partial charge in [-0.2, -0.15) is 0 Å². The summed E-state index contributed by atoms with van der Waals surface area (Å²) < 4.78 is 0. The summed E-state index contributed by atoms with van der Waals surface area (Å²) in [4.78, 5) is 0. The monoisotopic (exact) mass is 177 g/mol. The van der Waals surface area contributed by atoms with Gasteiger partial charge in [0.05, 0.1) is 0 Å². The van der Waals surface area contributed by atoms with Crippen molar-refractivity contribution in [2.24, 2.45) is 5.92 Å². The summed E-state index contributed by atoms with van der Waals surface area (Å²) >= 11 is 5.54. The Morgan fingerprint density at radius 2 is 2.18 bits per heavy atom. The fraction of sp³-hybridized carbons (Fsp3) is 1.00. The molecule has 1 N–H and O–H groups in total.